The maximum Gasteiger partial charge on any atom is 0.327 e. The van der Waals surface area contributed by atoms with Gasteiger partial charge in [-0.2, -0.15) is 5.10 Å². The first-order valence-corrected chi connectivity index (χ1v) is 9.85. The standard InChI is InChI=1S/C21H22N6O4/c1-27-13-15(11-24-27)18-10-16(4-7-22-18)31-17-2-3-19(23-12-17)25-21(29)26-20(28)14-5-8-30-9-6-14/h2-4,7,10-14H,5-6,8-9H2,1H3,(H2,23,25,26,28,29). The van der Waals surface area contributed by atoms with Crippen LogP contribution in [0, 0.1) is 5.92 Å². The zero-order valence-electron chi connectivity index (χ0n) is 16.9. The van der Waals surface area contributed by atoms with Crippen LogP contribution in [0.5, 0.6) is 11.5 Å². The van der Waals surface area contributed by atoms with Gasteiger partial charge in [-0.05, 0) is 31.0 Å². The Bertz CT molecular complexity index is 1060. The molecule has 0 unspecified atom stereocenters. The number of nitrogens with one attached hydrogen (secondary N) is 2. The highest BCUT2D eigenvalue weighted by molar-refractivity contribution is 6.01. The molecule has 0 atom stereocenters. The molecule has 1 saturated heterocycles. The van der Waals surface area contributed by atoms with E-state index in [2.05, 4.69) is 25.7 Å². The van der Waals surface area contributed by atoms with E-state index in [1.807, 2.05) is 13.2 Å². The molecule has 1 aliphatic rings. The Morgan fingerprint density at radius 3 is 2.68 bits per heavy atom. The monoisotopic (exact) mass is 422 g/mol. The molecular formula is C21H22N6O4. The van der Waals surface area contributed by atoms with Crippen molar-refractivity contribution in [2.24, 2.45) is 13.0 Å². The van der Waals surface area contributed by atoms with Crippen molar-refractivity contribution in [3.05, 3.63) is 49.1 Å². The van der Waals surface area contributed by atoms with Gasteiger partial charge < -0.3 is 9.47 Å². The van der Waals surface area contributed by atoms with Gasteiger partial charge in [0.2, 0.25) is 5.91 Å². The van der Waals surface area contributed by atoms with Gasteiger partial charge in [-0.25, -0.2) is 9.78 Å². The van der Waals surface area contributed by atoms with Gasteiger partial charge in [-0.1, -0.05) is 0 Å². The lowest BCUT2D eigenvalue weighted by molar-refractivity contribution is -0.126. The summed E-state index contributed by atoms with van der Waals surface area (Å²) < 4.78 is 12.8. The third kappa shape index (κ3) is 5.43. The van der Waals surface area contributed by atoms with E-state index in [0.29, 0.717) is 43.4 Å². The van der Waals surface area contributed by atoms with E-state index in [-0.39, 0.29) is 11.8 Å². The number of nitrogens with zero attached hydrogens (tertiary/aromatic N) is 4. The summed E-state index contributed by atoms with van der Waals surface area (Å²) >= 11 is 0. The molecule has 3 amide bonds. The van der Waals surface area contributed by atoms with E-state index >= 15 is 0 Å². The summed E-state index contributed by atoms with van der Waals surface area (Å²) in [5.74, 6) is 0.877. The van der Waals surface area contributed by atoms with Crippen LogP contribution in [0.1, 0.15) is 12.8 Å². The molecule has 10 heteroatoms. The van der Waals surface area contributed by atoms with Crippen LogP contribution in [0.15, 0.2) is 49.1 Å². The highest BCUT2D eigenvalue weighted by atomic mass is 16.5. The van der Waals surface area contributed by atoms with Gasteiger partial charge in [-0.15, -0.1) is 0 Å². The Morgan fingerprint density at radius 2 is 1.97 bits per heavy atom. The fourth-order valence-electron chi connectivity index (χ4n) is 3.16. The number of imide groups is 1. The molecule has 0 spiro atoms. The Kier molecular flexibility index (Phi) is 6.18. The molecule has 1 aliphatic heterocycles. The number of pyridine rings is 2. The molecule has 0 aliphatic carbocycles. The Balaban J connectivity index is 1.33. The minimum absolute atomic E-state index is 0.208. The highest BCUT2D eigenvalue weighted by Gasteiger charge is 2.23. The van der Waals surface area contributed by atoms with Crippen molar-refractivity contribution in [2.45, 2.75) is 12.8 Å². The number of ether oxygens (including phenoxy) is 2. The molecular weight excluding hydrogens is 400 g/mol. The first-order valence-electron chi connectivity index (χ1n) is 9.85. The topological polar surface area (TPSA) is 120 Å². The quantitative estimate of drug-likeness (QED) is 0.649. The van der Waals surface area contributed by atoms with Crippen molar-refractivity contribution in [1.29, 1.82) is 0 Å². The summed E-state index contributed by atoms with van der Waals surface area (Å²) in [6.45, 7) is 1.06. The van der Waals surface area contributed by atoms with Gasteiger partial charge >= 0.3 is 6.03 Å². The predicted molar refractivity (Wildman–Crippen MR) is 111 cm³/mol. The average molecular weight is 422 g/mol. The summed E-state index contributed by atoms with van der Waals surface area (Å²) in [7, 11) is 1.84. The molecule has 1 fully saturated rings. The molecule has 4 rings (SSSR count). The molecule has 0 saturated carbocycles. The van der Waals surface area contributed by atoms with Gasteiger partial charge in [-0.3, -0.25) is 25.1 Å². The lowest BCUT2D eigenvalue weighted by atomic mass is 10.00. The molecule has 2 N–H and O–H groups in total. The second kappa shape index (κ2) is 9.35. The first-order chi connectivity index (χ1) is 15.1. The maximum atomic E-state index is 12.1. The van der Waals surface area contributed by atoms with Crippen LogP contribution in [-0.2, 0) is 16.6 Å². The lowest BCUT2D eigenvalue weighted by Gasteiger charge is -2.20. The summed E-state index contributed by atoms with van der Waals surface area (Å²) in [6.07, 6.45) is 7.96. The number of carbonyl (C=O) groups is 2. The van der Waals surface area contributed by atoms with E-state index in [1.165, 1.54) is 6.20 Å². The third-order valence-electron chi connectivity index (χ3n) is 4.77. The number of carbonyl (C=O) groups excluding carboxylic acids is 2. The summed E-state index contributed by atoms with van der Waals surface area (Å²) in [6, 6.07) is 6.19. The van der Waals surface area contributed by atoms with Crippen molar-refractivity contribution in [3.63, 3.8) is 0 Å². The van der Waals surface area contributed by atoms with Gasteiger partial charge in [0.25, 0.3) is 0 Å². The summed E-state index contributed by atoms with van der Waals surface area (Å²) in [4.78, 5) is 32.7. The van der Waals surface area contributed by atoms with Crippen molar-refractivity contribution < 1.29 is 19.1 Å². The second-order valence-corrected chi connectivity index (χ2v) is 7.09. The van der Waals surface area contributed by atoms with Crippen molar-refractivity contribution in [1.82, 2.24) is 25.1 Å². The predicted octanol–water partition coefficient (Wildman–Crippen LogP) is 2.74. The van der Waals surface area contributed by atoms with Gasteiger partial charge in [0, 0.05) is 50.2 Å². The fourth-order valence-corrected chi connectivity index (χ4v) is 3.16. The molecule has 3 aromatic heterocycles. The van der Waals surface area contributed by atoms with Crippen molar-refractivity contribution in [2.75, 3.05) is 18.5 Å². The van der Waals surface area contributed by atoms with Gasteiger partial charge in [0.15, 0.2) is 0 Å². The molecule has 3 aromatic rings. The summed E-state index contributed by atoms with van der Waals surface area (Å²) in [5, 5.41) is 9.04. The van der Waals surface area contributed by atoms with Gasteiger partial charge in [0.1, 0.15) is 17.3 Å². The van der Waals surface area contributed by atoms with E-state index in [1.54, 1.807) is 41.3 Å². The molecule has 4 heterocycles. The van der Waals surface area contributed by atoms with Crippen molar-refractivity contribution in [3.8, 4) is 22.8 Å². The zero-order chi connectivity index (χ0) is 21.6. The number of anilines is 1. The molecule has 0 aromatic carbocycles. The smallest absolute Gasteiger partial charge is 0.327 e. The molecule has 0 bridgehead atoms. The van der Waals surface area contributed by atoms with Gasteiger partial charge in [0.05, 0.1) is 18.1 Å². The Labute approximate surface area is 178 Å². The highest BCUT2D eigenvalue weighted by Crippen LogP contribution is 2.25. The number of rotatable bonds is 5. The van der Waals surface area contributed by atoms with Crippen LogP contribution in [0.2, 0.25) is 0 Å². The molecule has 160 valence electrons. The largest absolute Gasteiger partial charge is 0.456 e. The van der Waals surface area contributed by atoms with Crippen molar-refractivity contribution >= 4 is 17.8 Å². The number of aryl methyl sites for hydroxylation is 1. The van der Waals surface area contributed by atoms with E-state index in [9.17, 15) is 9.59 Å². The first kappa shape index (κ1) is 20.5. The number of hydrogen-bond donors (Lipinski definition) is 2. The Hall–Kier alpha value is -3.79. The lowest BCUT2D eigenvalue weighted by Crippen LogP contribution is -2.40. The second-order valence-electron chi connectivity index (χ2n) is 7.09. The number of urea groups is 1. The number of aromatic nitrogens is 4. The van der Waals surface area contributed by atoms with Crippen LogP contribution < -0.4 is 15.4 Å². The third-order valence-corrected chi connectivity index (χ3v) is 4.77. The fraction of sp³-hybridized carbons (Fsp3) is 0.286. The van der Waals surface area contributed by atoms with Crippen LogP contribution in [0.3, 0.4) is 0 Å². The number of hydrogen-bond acceptors (Lipinski definition) is 7. The molecule has 10 nitrogen and oxygen atoms in total. The average Bonchev–Trinajstić information content (AvgIpc) is 3.22. The van der Waals surface area contributed by atoms with E-state index < -0.39 is 6.03 Å². The van der Waals surface area contributed by atoms with Crippen LogP contribution >= 0.6 is 0 Å². The van der Waals surface area contributed by atoms with E-state index in [0.717, 1.165) is 11.3 Å². The minimum atomic E-state index is -0.618. The maximum absolute atomic E-state index is 12.1. The van der Waals surface area contributed by atoms with Crippen LogP contribution in [0.4, 0.5) is 10.6 Å². The van der Waals surface area contributed by atoms with Crippen LogP contribution in [-0.4, -0.2) is 44.9 Å². The zero-order valence-corrected chi connectivity index (χ0v) is 16.9. The minimum Gasteiger partial charge on any atom is -0.456 e. The Morgan fingerprint density at radius 1 is 1.13 bits per heavy atom. The molecule has 31 heavy (non-hydrogen) atoms. The SMILES string of the molecule is Cn1cc(-c2cc(Oc3ccc(NC(=O)NC(=O)C4CCOCC4)nc3)ccn2)cn1. The molecule has 0 radical (unpaired) electrons. The summed E-state index contributed by atoms with van der Waals surface area (Å²) in [5.41, 5.74) is 1.62. The number of amides is 3. The van der Waals surface area contributed by atoms with E-state index in [4.69, 9.17) is 9.47 Å². The normalized spacial score (nSPS) is 14.1. The van der Waals surface area contributed by atoms with Crippen LogP contribution in [0.25, 0.3) is 11.3 Å².